The highest BCUT2D eigenvalue weighted by Crippen LogP contribution is 2.67. The average molecular weight is 412 g/mol. The second-order valence-corrected chi connectivity index (χ2v) is 11.7. The average Bonchev–Trinajstić information content (AvgIpc) is 3.10. The predicted octanol–water partition coefficient (Wildman–Crippen LogP) is 5.39. The molecule has 0 amide bonds. The molecular weight excluding hydrogens is 370 g/mol. The van der Waals surface area contributed by atoms with Crippen LogP contribution in [-0.2, 0) is 6.42 Å². The van der Waals surface area contributed by atoms with Crippen LogP contribution in [0.3, 0.4) is 0 Å². The third kappa shape index (κ3) is 3.35. The van der Waals surface area contributed by atoms with Crippen LogP contribution in [-0.4, -0.2) is 27.4 Å². The standard InChI is InChI=1S/C27H41NO2/c1-26-14-12-20(29)17-18(26)6-8-21-22-9-10-24(27(22,2)15-13-23(21)26)25(30)11-7-19-5-3-4-16-28-19/h3-5,16,18,20-25,29-30H,6-15,17H2,1-2H3/t18-,20-,21-,22-,23-,24+,25+,26-,27-/m0/s1. The van der Waals surface area contributed by atoms with Crippen molar-refractivity contribution in [3.63, 3.8) is 0 Å². The molecule has 0 aromatic carbocycles. The minimum Gasteiger partial charge on any atom is -0.393 e. The first-order valence-corrected chi connectivity index (χ1v) is 12.7. The molecule has 0 unspecified atom stereocenters. The number of aliphatic hydroxyl groups excluding tert-OH is 2. The summed E-state index contributed by atoms with van der Waals surface area (Å²) in [4.78, 5) is 4.45. The molecule has 9 atom stereocenters. The minimum atomic E-state index is -0.199. The van der Waals surface area contributed by atoms with Gasteiger partial charge in [0.15, 0.2) is 0 Å². The quantitative estimate of drug-likeness (QED) is 0.698. The summed E-state index contributed by atoms with van der Waals surface area (Å²) in [7, 11) is 0. The minimum absolute atomic E-state index is 0.0569. The van der Waals surface area contributed by atoms with Gasteiger partial charge in [-0.3, -0.25) is 4.98 Å². The molecule has 4 fully saturated rings. The lowest BCUT2D eigenvalue weighted by Gasteiger charge is -2.61. The molecule has 4 saturated carbocycles. The molecular formula is C27H41NO2. The fourth-order valence-electron chi connectivity index (χ4n) is 8.95. The van der Waals surface area contributed by atoms with E-state index in [9.17, 15) is 10.2 Å². The van der Waals surface area contributed by atoms with Crippen molar-refractivity contribution >= 4 is 0 Å². The van der Waals surface area contributed by atoms with E-state index in [-0.39, 0.29) is 12.2 Å². The van der Waals surface area contributed by atoms with Gasteiger partial charge in [0, 0.05) is 11.9 Å². The molecule has 4 aliphatic carbocycles. The first kappa shape index (κ1) is 20.9. The summed E-state index contributed by atoms with van der Waals surface area (Å²) in [5, 5.41) is 21.5. The maximum atomic E-state index is 11.2. The van der Waals surface area contributed by atoms with E-state index in [1.54, 1.807) is 0 Å². The monoisotopic (exact) mass is 411 g/mol. The molecule has 4 aliphatic rings. The van der Waals surface area contributed by atoms with Crippen LogP contribution in [0.4, 0.5) is 0 Å². The lowest BCUT2D eigenvalue weighted by atomic mass is 9.44. The molecule has 1 heterocycles. The Bertz CT molecular complexity index is 738. The number of nitrogens with zero attached hydrogens (tertiary/aromatic N) is 1. The van der Waals surface area contributed by atoms with Crippen LogP contribution >= 0.6 is 0 Å². The van der Waals surface area contributed by atoms with Gasteiger partial charge in [-0.05, 0) is 123 Å². The molecule has 0 saturated heterocycles. The Balaban J connectivity index is 1.29. The zero-order valence-corrected chi connectivity index (χ0v) is 19.0. The molecule has 0 aliphatic heterocycles. The topological polar surface area (TPSA) is 53.4 Å². The Kier molecular flexibility index (Phi) is 5.51. The van der Waals surface area contributed by atoms with Crippen molar-refractivity contribution in [3.8, 4) is 0 Å². The predicted molar refractivity (Wildman–Crippen MR) is 120 cm³/mol. The van der Waals surface area contributed by atoms with E-state index in [2.05, 4.69) is 24.9 Å². The molecule has 5 rings (SSSR count). The Hall–Kier alpha value is -0.930. The summed E-state index contributed by atoms with van der Waals surface area (Å²) < 4.78 is 0. The molecule has 1 aromatic rings. The lowest BCUT2D eigenvalue weighted by Crippen LogP contribution is -2.54. The smallest absolute Gasteiger partial charge is 0.0577 e. The van der Waals surface area contributed by atoms with Crippen LogP contribution in [0.5, 0.6) is 0 Å². The fraction of sp³-hybridized carbons (Fsp3) is 0.815. The van der Waals surface area contributed by atoms with Gasteiger partial charge in [-0.25, -0.2) is 0 Å². The molecule has 1 aromatic heterocycles. The van der Waals surface area contributed by atoms with Crippen molar-refractivity contribution in [1.29, 1.82) is 0 Å². The highest BCUT2D eigenvalue weighted by molar-refractivity contribution is 5.10. The molecule has 2 N–H and O–H groups in total. The number of aryl methyl sites for hydroxylation is 1. The van der Waals surface area contributed by atoms with Crippen molar-refractivity contribution < 1.29 is 10.2 Å². The van der Waals surface area contributed by atoms with Gasteiger partial charge in [0.1, 0.15) is 0 Å². The van der Waals surface area contributed by atoms with E-state index >= 15 is 0 Å². The molecule has 0 bridgehead atoms. The number of hydrogen-bond acceptors (Lipinski definition) is 3. The first-order chi connectivity index (χ1) is 14.4. The van der Waals surface area contributed by atoms with Crippen molar-refractivity contribution in [2.24, 2.45) is 40.4 Å². The van der Waals surface area contributed by atoms with E-state index in [0.717, 1.165) is 55.0 Å². The van der Waals surface area contributed by atoms with Gasteiger partial charge in [0.2, 0.25) is 0 Å². The zero-order chi connectivity index (χ0) is 20.9. The Labute approximate surface area is 182 Å². The van der Waals surface area contributed by atoms with Crippen LogP contribution in [0.2, 0.25) is 0 Å². The summed E-state index contributed by atoms with van der Waals surface area (Å²) in [5.41, 5.74) is 1.85. The van der Waals surface area contributed by atoms with Crippen molar-refractivity contribution in [3.05, 3.63) is 30.1 Å². The van der Waals surface area contributed by atoms with E-state index in [0.29, 0.717) is 16.7 Å². The Morgan fingerprint density at radius 2 is 1.80 bits per heavy atom. The second-order valence-electron chi connectivity index (χ2n) is 11.7. The number of fused-ring (bicyclic) bond motifs is 5. The number of rotatable bonds is 4. The van der Waals surface area contributed by atoms with Crippen LogP contribution in [0.15, 0.2) is 24.4 Å². The molecule has 30 heavy (non-hydrogen) atoms. The van der Waals surface area contributed by atoms with Crippen LogP contribution in [0.1, 0.15) is 83.7 Å². The van der Waals surface area contributed by atoms with Crippen molar-refractivity contribution in [2.75, 3.05) is 0 Å². The first-order valence-electron chi connectivity index (χ1n) is 12.7. The third-order valence-electron chi connectivity index (χ3n) is 10.6. The van der Waals surface area contributed by atoms with Crippen LogP contribution < -0.4 is 0 Å². The van der Waals surface area contributed by atoms with Gasteiger partial charge in [-0.15, -0.1) is 0 Å². The Morgan fingerprint density at radius 3 is 2.60 bits per heavy atom. The normalized spacial score (nSPS) is 46.5. The molecule has 166 valence electrons. The van der Waals surface area contributed by atoms with E-state index < -0.39 is 0 Å². The van der Waals surface area contributed by atoms with Gasteiger partial charge < -0.3 is 10.2 Å². The summed E-state index contributed by atoms with van der Waals surface area (Å²) in [6.07, 6.45) is 14.4. The van der Waals surface area contributed by atoms with Gasteiger partial charge in [0.25, 0.3) is 0 Å². The van der Waals surface area contributed by atoms with Gasteiger partial charge in [-0.1, -0.05) is 19.9 Å². The summed E-state index contributed by atoms with van der Waals surface area (Å²) >= 11 is 0. The van der Waals surface area contributed by atoms with Gasteiger partial charge in [-0.2, -0.15) is 0 Å². The molecule has 0 spiro atoms. The summed E-state index contributed by atoms with van der Waals surface area (Å²) in [6.45, 7) is 5.09. The second kappa shape index (κ2) is 7.89. The fourth-order valence-corrected chi connectivity index (χ4v) is 8.95. The van der Waals surface area contributed by atoms with Crippen LogP contribution in [0.25, 0.3) is 0 Å². The molecule has 3 heteroatoms. The van der Waals surface area contributed by atoms with Crippen molar-refractivity contribution in [2.45, 2.75) is 96.7 Å². The number of hydrogen-bond donors (Lipinski definition) is 2. The number of aliphatic hydroxyl groups is 2. The Morgan fingerprint density at radius 1 is 1.00 bits per heavy atom. The largest absolute Gasteiger partial charge is 0.393 e. The van der Waals surface area contributed by atoms with Crippen molar-refractivity contribution in [1.82, 2.24) is 4.98 Å². The molecule has 3 nitrogen and oxygen atoms in total. The van der Waals surface area contributed by atoms with E-state index in [1.807, 2.05) is 18.3 Å². The zero-order valence-electron chi connectivity index (χ0n) is 19.0. The summed E-state index contributed by atoms with van der Waals surface area (Å²) in [6, 6.07) is 6.09. The maximum Gasteiger partial charge on any atom is 0.0577 e. The lowest BCUT2D eigenvalue weighted by molar-refractivity contribution is -0.133. The number of pyridine rings is 1. The van der Waals surface area contributed by atoms with E-state index in [1.165, 1.54) is 44.9 Å². The van der Waals surface area contributed by atoms with Crippen LogP contribution in [0, 0.1) is 40.4 Å². The number of aromatic nitrogens is 1. The SMILES string of the molecule is C[C@]12CC[C@H](O)C[C@@H]1CC[C@@H]1[C@@H]2CC[C@]2(C)[C@@H]([C@H](O)CCc3ccccn3)CC[C@@H]12. The van der Waals surface area contributed by atoms with Gasteiger partial charge >= 0.3 is 0 Å². The maximum absolute atomic E-state index is 11.2. The van der Waals surface area contributed by atoms with Gasteiger partial charge in [0.05, 0.1) is 12.2 Å². The summed E-state index contributed by atoms with van der Waals surface area (Å²) in [5.74, 6) is 3.65. The molecule has 0 radical (unpaired) electrons. The third-order valence-corrected chi connectivity index (χ3v) is 10.6. The van der Waals surface area contributed by atoms with E-state index in [4.69, 9.17) is 0 Å². The highest BCUT2D eigenvalue weighted by atomic mass is 16.3. The highest BCUT2D eigenvalue weighted by Gasteiger charge is 2.60.